The molecule has 0 amide bonds. The largest absolute Gasteiger partial charge is 0.388 e. The van der Waals surface area contributed by atoms with Crippen LogP contribution in [-0.4, -0.2) is 25.7 Å². The Morgan fingerprint density at radius 1 is 0.625 bits per heavy atom. The lowest BCUT2D eigenvalue weighted by Crippen LogP contribution is -2.27. The Morgan fingerprint density at radius 3 is 1.25 bits per heavy atom. The highest BCUT2D eigenvalue weighted by atomic mass is 19.2. The van der Waals surface area contributed by atoms with Crippen LogP contribution in [0.1, 0.15) is 31.8 Å². The van der Waals surface area contributed by atoms with Gasteiger partial charge in [-0.1, -0.05) is 0 Å². The van der Waals surface area contributed by atoms with E-state index in [1.807, 2.05) is 0 Å². The lowest BCUT2D eigenvalue weighted by Gasteiger charge is -2.23. The van der Waals surface area contributed by atoms with Crippen molar-refractivity contribution in [2.75, 3.05) is 24.7 Å². The molecule has 124 valence electrons. The smallest absolute Gasteiger partial charge is 0.199 e. The fraction of sp³-hybridized carbons (Fsp3) is 0.125. The minimum Gasteiger partial charge on any atom is -0.388 e. The standard InChI is InChI=1S/C16H10F4N2O2/c1-21-5-3-4-6(22-2)8-7(5)15(23)9-10(16(8)24)12(18)14(20)13(19)11(9)17/h3-4,21-22H,1-2H3. The van der Waals surface area contributed by atoms with Gasteiger partial charge in [0.05, 0.1) is 22.3 Å². The summed E-state index contributed by atoms with van der Waals surface area (Å²) in [6.07, 6.45) is 0. The average Bonchev–Trinajstić information content (AvgIpc) is 2.59. The molecule has 0 heterocycles. The van der Waals surface area contributed by atoms with Gasteiger partial charge in [0.15, 0.2) is 34.8 Å². The Morgan fingerprint density at radius 2 is 0.958 bits per heavy atom. The summed E-state index contributed by atoms with van der Waals surface area (Å²) in [7, 11) is 2.92. The van der Waals surface area contributed by atoms with Gasteiger partial charge in [0.25, 0.3) is 0 Å². The highest BCUT2D eigenvalue weighted by Gasteiger charge is 2.41. The number of carbonyl (C=O) groups is 2. The van der Waals surface area contributed by atoms with Crippen LogP contribution in [-0.2, 0) is 0 Å². The van der Waals surface area contributed by atoms with E-state index >= 15 is 0 Å². The highest BCUT2D eigenvalue weighted by molar-refractivity contribution is 6.32. The van der Waals surface area contributed by atoms with Crippen LogP contribution in [0.3, 0.4) is 0 Å². The Balaban J connectivity index is 2.48. The number of rotatable bonds is 2. The van der Waals surface area contributed by atoms with Crippen molar-refractivity contribution < 1.29 is 27.2 Å². The second kappa shape index (κ2) is 5.33. The fourth-order valence-corrected chi connectivity index (χ4v) is 2.80. The molecule has 4 nitrogen and oxygen atoms in total. The number of anilines is 2. The predicted octanol–water partition coefficient (Wildman–Crippen LogP) is 3.10. The molecule has 2 aromatic carbocycles. The lowest BCUT2D eigenvalue weighted by molar-refractivity contribution is 0.0970. The molecule has 1 aliphatic carbocycles. The van der Waals surface area contributed by atoms with Crippen molar-refractivity contribution in [3.8, 4) is 0 Å². The summed E-state index contributed by atoms with van der Waals surface area (Å²) >= 11 is 0. The molecule has 0 saturated carbocycles. The summed E-state index contributed by atoms with van der Waals surface area (Å²) in [6, 6.07) is 2.91. The minimum atomic E-state index is -2.13. The first-order valence-electron chi connectivity index (χ1n) is 6.82. The second-order valence-corrected chi connectivity index (χ2v) is 5.07. The minimum absolute atomic E-state index is 0.178. The molecule has 0 fully saturated rings. The normalized spacial score (nSPS) is 12.8. The van der Waals surface area contributed by atoms with E-state index in [-0.39, 0.29) is 22.5 Å². The summed E-state index contributed by atoms with van der Waals surface area (Å²) in [5.41, 5.74) is -2.31. The third kappa shape index (κ3) is 1.85. The number of nitrogens with one attached hydrogen (secondary N) is 2. The second-order valence-electron chi connectivity index (χ2n) is 5.07. The van der Waals surface area contributed by atoms with E-state index in [0.717, 1.165) is 0 Å². The van der Waals surface area contributed by atoms with E-state index < -0.39 is 46.0 Å². The quantitative estimate of drug-likeness (QED) is 0.428. The molecule has 0 unspecified atom stereocenters. The lowest BCUT2D eigenvalue weighted by atomic mass is 9.81. The maximum atomic E-state index is 14.1. The zero-order valence-electron chi connectivity index (χ0n) is 12.5. The van der Waals surface area contributed by atoms with Gasteiger partial charge < -0.3 is 10.6 Å². The summed E-state index contributed by atoms with van der Waals surface area (Å²) in [5, 5.41) is 5.33. The summed E-state index contributed by atoms with van der Waals surface area (Å²) in [5.74, 6) is -10.2. The first-order chi connectivity index (χ1) is 11.3. The molecule has 2 N–H and O–H groups in total. The molecule has 0 atom stereocenters. The number of halogens is 4. The zero-order valence-corrected chi connectivity index (χ0v) is 12.5. The van der Waals surface area contributed by atoms with Gasteiger partial charge in [-0.2, -0.15) is 0 Å². The van der Waals surface area contributed by atoms with Crippen molar-refractivity contribution in [1.29, 1.82) is 0 Å². The van der Waals surface area contributed by atoms with Crippen LogP contribution in [0.5, 0.6) is 0 Å². The van der Waals surface area contributed by atoms with Crippen molar-refractivity contribution >= 4 is 22.9 Å². The molecule has 0 saturated heterocycles. The SMILES string of the molecule is CNc1ccc(NC)c2c1C(=O)c1c(F)c(F)c(F)c(F)c1C2=O. The molecule has 24 heavy (non-hydrogen) atoms. The number of hydrogen-bond donors (Lipinski definition) is 2. The third-order valence-corrected chi connectivity index (χ3v) is 3.92. The van der Waals surface area contributed by atoms with Crippen LogP contribution >= 0.6 is 0 Å². The van der Waals surface area contributed by atoms with Gasteiger partial charge in [-0.15, -0.1) is 0 Å². The van der Waals surface area contributed by atoms with Crippen LogP contribution in [0.4, 0.5) is 28.9 Å². The van der Waals surface area contributed by atoms with Crippen molar-refractivity contribution in [1.82, 2.24) is 0 Å². The molecule has 0 bridgehead atoms. The van der Waals surface area contributed by atoms with Crippen LogP contribution in [0, 0.1) is 23.3 Å². The van der Waals surface area contributed by atoms with Gasteiger partial charge in [0.1, 0.15) is 0 Å². The van der Waals surface area contributed by atoms with E-state index in [1.165, 1.54) is 26.2 Å². The van der Waals surface area contributed by atoms with E-state index in [1.54, 1.807) is 0 Å². The number of ketones is 2. The highest BCUT2D eigenvalue weighted by Crippen LogP contribution is 2.39. The van der Waals surface area contributed by atoms with Gasteiger partial charge >= 0.3 is 0 Å². The van der Waals surface area contributed by atoms with Crippen LogP contribution < -0.4 is 10.6 Å². The van der Waals surface area contributed by atoms with Gasteiger partial charge in [-0.05, 0) is 12.1 Å². The van der Waals surface area contributed by atoms with Gasteiger partial charge in [-0.25, -0.2) is 17.6 Å². The van der Waals surface area contributed by atoms with E-state index in [0.29, 0.717) is 0 Å². The van der Waals surface area contributed by atoms with E-state index in [4.69, 9.17) is 0 Å². The van der Waals surface area contributed by atoms with Gasteiger partial charge in [0.2, 0.25) is 0 Å². The molecule has 1 aliphatic rings. The summed E-state index contributed by atoms with van der Waals surface area (Å²) in [4.78, 5) is 25.2. The average molecular weight is 338 g/mol. The van der Waals surface area contributed by atoms with E-state index in [9.17, 15) is 27.2 Å². The Hall–Kier alpha value is -2.90. The van der Waals surface area contributed by atoms with Crippen molar-refractivity contribution in [2.24, 2.45) is 0 Å². The fourth-order valence-electron chi connectivity index (χ4n) is 2.80. The zero-order chi connectivity index (χ0) is 17.8. The van der Waals surface area contributed by atoms with Gasteiger partial charge in [-0.3, -0.25) is 9.59 Å². The molecule has 3 rings (SSSR count). The maximum absolute atomic E-state index is 14.1. The molecule has 0 aliphatic heterocycles. The molecule has 2 aromatic rings. The first kappa shape index (κ1) is 16.0. The first-order valence-corrected chi connectivity index (χ1v) is 6.82. The molecule has 0 radical (unpaired) electrons. The van der Waals surface area contributed by atoms with Crippen LogP contribution in [0.25, 0.3) is 0 Å². The summed E-state index contributed by atoms with van der Waals surface area (Å²) in [6.45, 7) is 0. The number of carbonyl (C=O) groups excluding carboxylic acids is 2. The monoisotopic (exact) mass is 338 g/mol. The van der Waals surface area contributed by atoms with Crippen molar-refractivity contribution in [2.45, 2.75) is 0 Å². The van der Waals surface area contributed by atoms with Crippen LogP contribution in [0.2, 0.25) is 0 Å². The predicted molar refractivity (Wildman–Crippen MR) is 78.7 cm³/mol. The Labute approximate surface area is 133 Å². The van der Waals surface area contributed by atoms with Crippen molar-refractivity contribution in [3.05, 3.63) is 57.7 Å². The third-order valence-electron chi connectivity index (χ3n) is 3.92. The van der Waals surface area contributed by atoms with Crippen LogP contribution in [0.15, 0.2) is 12.1 Å². The Bertz CT molecular complexity index is 851. The molecular formula is C16H10F4N2O2. The number of fused-ring (bicyclic) bond motifs is 2. The molecule has 0 aromatic heterocycles. The molecule has 0 spiro atoms. The van der Waals surface area contributed by atoms with Crippen molar-refractivity contribution in [3.63, 3.8) is 0 Å². The summed E-state index contributed by atoms with van der Waals surface area (Å²) < 4.78 is 55.1. The van der Waals surface area contributed by atoms with E-state index in [2.05, 4.69) is 10.6 Å². The number of hydrogen-bond acceptors (Lipinski definition) is 4. The Kier molecular flexibility index (Phi) is 3.55. The number of benzene rings is 2. The van der Waals surface area contributed by atoms with Gasteiger partial charge in [0, 0.05) is 25.5 Å². The molecule has 8 heteroatoms. The topological polar surface area (TPSA) is 58.2 Å². The molecular weight excluding hydrogens is 328 g/mol. The maximum Gasteiger partial charge on any atom is 0.199 e.